The summed E-state index contributed by atoms with van der Waals surface area (Å²) in [5, 5.41) is 0.527. The average Bonchev–Trinajstić information content (AvgIpc) is 2.73. The van der Waals surface area contributed by atoms with Crippen molar-refractivity contribution in [3.05, 3.63) is 99.7 Å². The van der Waals surface area contributed by atoms with Crippen LogP contribution in [0.25, 0.3) is 22.3 Å². The van der Waals surface area contributed by atoms with Crippen molar-refractivity contribution in [1.29, 1.82) is 0 Å². The van der Waals surface area contributed by atoms with Gasteiger partial charge in [0, 0.05) is 5.56 Å². The Morgan fingerprint density at radius 2 is 1.60 bits per heavy atom. The van der Waals surface area contributed by atoms with E-state index in [2.05, 4.69) is 32.9 Å². The molecule has 0 unspecified atom stereocenters. The second-order valence-electron chi connectivity index (χ2n) is 8.69. The van der Waals surface area contributed by atoms with Crippen molar-refractivity contribution in [2.45, 2.75) is 39.7 Å². The van der Waals surface area contributed by atoms with E-state index >= 15 is 0 Å². The van der Waals surface area contributed by atoms with Gasteiger partial charge in [-0.25, -0.2) is 0 Å². The highest BCUT2D eigenvalue weighted by Crippen LogP contribution is 2.33. The fourth-order valence-corrected chi connectivity index (χ4v) is 3.46. The molecule has 0 amide bonds. The van der Waals surface area contributed by atoms with Gasteiger partial charge in [-0.05, 0) is 41.2 Å². The minimum absolute atomic E-state index is 0.0481. The van der Waals surface area contributed by atoms with Crippen LogP contribution in [0.15, 0.2) is 82.0 Å². The lowest BCUT2D eigenvalue weighted by Gasteiger charge is -2.19. The number of ether oxygens (including phenoxy) is 1. The van der Waals surface area contributed by atoms with Crippen LogP contribution >= 0.6 is 0 Å². The molecule has 1 aromatic heterocycles. The van der Waals surface area contributed by atoms with Gasteiger partial charge in [-0.3, -0.25) is 4.79 Å². The van der Waals surface area contributed by atoms with Gasteiger partial charge in [0.2, 0.25) is 11.2 Å². The second-order valence-corrected chi connectivity index (χ2v) is 8.69. The van der Waals surface area contributed by atoms with E-state index in [4.69, 9.17) is 9.15 Å². The first kappa shape index (κ1) is 20.0. The van der Waals surface area contributed by atoms with Gasteiger partial charge in [-0.15, -0.1) is 0 Å². The van der Waals surface area contributed by atoms with Gasteiger partial charge in [0.15, 0.2) is 5.76 Å². The number of aryl methyl sites for hydroxylation is 1. The third kappa shape index (κ3) is 4.02. The van der Waals surface area contributed by atoms with Gasteiger partial charge in [0.1, 0.15) is 12.2 Å². The van der Waals surface area contributed by atoms with Crippen LogP contribution in [0, 0.1) is 6.92 Å². The molecule has 0 aliphatic heterocycles. The molecule has 4 aromatic rings. The Morgan fingerprint density at radius 3 is 2.27 bits per heavy atom. The second kappa shape index (κ2) is 7.83. The number of hydrogen-bond acceptors (Lipinski definition) is 3. The van der Waals surface area contributed by atoms with Crippen LogP contribution in [0.1, 0.15) is 37.5 Å². The summed E-state index contributed by atoms with van der Waals surface area (Å²) in [5.74, 6) is 0.716. The lowest BCUT2D eigenvalue weighted by Crippen LogP contribution is -2.11. The molecular formula is C27H26O3. The predicted molar refractivity (Wildman–Crippen MR) is 122 cm³/mol. The Hall–Kier alpha value is -3.33. The SMILES string of the molecule is Cc1ccc2c(=O)c(OCc3ccccc3)c(-c3ccc(C(C)(C)C)cc3)oc2c1. The molecule has 0 saturated heterocycles. The van der Waals surface area contributed by atoms with Crippen molar-refractivity contribution in [2.75, 3.05) is 0 Å². The highest BCUT2D eigenvalue weighted by Gasteiger charge is 2.19. The van der Waals surface area contributed by atoms with E-state index in [1.807, 2.05) is 61.5 Å². The minimum atomic E-state index is -0.151. The van der Waals surface area contributed by atoms with Gasteiger partial charge >= 0.3 is 0 Å². The van der Waals surface area contributed by atoms with Gasteiger partial charge in [-0.2, -0.15) is 0 Å². The molecule has 3 nitrogen and oxygen atoms in total. The molecule has 0 aliphatic carbocycles. The Balaban J connectivity index is 1.84. The van der Waals surface area contributed by atoms with Crippen molar-refractivity contribution >= 4 is 11.0 Å². The van der Waals surface area contributed by atoms with Crippen molar-refractivity contribution < 1.29 is 9.15 Å². The van der Waals surface area contributed by atoms with Gasteiger partial charge in [0.25, 0.3) is 0 Å². The minimum Gasteiger partial charge on any atom is -0.481 e. The summed E-state index contributed by atoms with van der Waals surface area (Å²) in [4.78, 5) is 13.3. The Labute approximate surface area is 176 Å². The summed E-state index contributed by atoms with van der Waals surface area (Å²) in [6.45, 7) is 8.81. The summed E-state index contributed by atoms with van der Waals surface area (Å²) in [6, 6.07) is 23.6. The molecule has 0 aliphatic rings. The Morgan fingerprint density at radius 1 is 0.900 bits per heavy atom. The zero-order valence-electron chi connectivity index (χ0n) is 17.9. The third-order valence-electron chi connectivity index (χ3n) is 5.25. The van der Waals surface area contributed by atoms with Crippen molar-refractivity contribution in [3.63, 3.8) is 0 Å². The molecule has 1 heterocycles. The largest absolute Gasteiger partial charge is 0.481 e. The van der Waals surface area contributed by atoms with Crippen LogP contribution in [-0.4, -0.2) is 0 Å². The van der Waals surface area contributed by atoms with Crippen LogP contribution in [0.5, 0.6) is 5.75 Å². The van der Waals surface area contributed by atoms with Crippen molar-refractivity contribution in [2.24, 2.45) is 0 Å². The highest BCUT2D eigenvalue weighted by atomic mass is 16.5. The number of fused-ring (bicyclic) bond motifs is 1. The monoisotopic (exact) mass is 398 g/mol. The van der Waals surface area contributed by atoms with E-state index in [0.29, 0.717) is 23.3 Å². The molecule has 0 saturated carbocycles. The van der Waals surface area contributed by atoms with Crippen LogP contribution in [0.2, 0.25) is 0 Å². The third-order valence-corrected chi connectivity index (χ3v) is 5.25. The molecule has 0 radical (unpaired) electrons. The van der Waals surface area contributed by atoms with Gasteiger partial charge < -0.3 is 9.15 Å². The molecule has 0 atom stereocenters. The molecule has 3 heteroatoms. The van der Waals surface area contributed by atoms with E-state index in [-0.39, 0.29) is 16.6 Å². The van der Waals surface area contributed by atoms with E-state index in [9.17, 15) is 4.79 Å². The Bertz CT molecular complexity index is 1230. The molecule has 3 aromatic carbocycles. The fraction of sp³-hybridized carbons (Fsp3) is 0.222. The lowest BCUT2D eigenvalue weighted by atomic mass is 9.86. The maximum atomic E-state index is 13.3. The first-order valence-electron chi connectivity index (χ1n) is 10.2. The number of rotatable bonds is 4. The zero-order valence-corrected chi connectivity index (χ0v) is 17.9. The van der Waals surface area contributed by atoms with Gasteiger partial charge in [-0.1, -0.05) is 81.4 Å². The molecule has 152 valence electrons. The zero-order chi connectivity index (χ0) is 21.3. The fourth-order valence-electron chi connectivity index (χ4n) is 3.46. The quantitative estimate of drug-likeness (QED) is 0.386. The maximum Gasteiger partial charge on any atom is 0.235 e. The first-order chi connectivity index (χ1) is 14.3. The van der Waals surface area contributed by atoms with E-state index in [0.717, 1.165) is 16.7 Å². The smallest absolute Gasteiger partial charge is 0.235 e. The first-order valence-corrected chi connectivity index (χ1v) is 10.2. The average molecular weight is 399 g/mol. The predicted octanol–water partition coefficient (Wildman–Crippen LogP) is 6.64. The van der Waals surface area contributed by atoms with Crippen LogP contribution in [0.3, 0.4) is 0 Å². The van der Waals surface area contributed by atoms with E-state index < -0.39 is 0 Å². The van der Waals surface area contributed by atoms with E-state index in [1.165, 1.54) is 5.56 Å². The summed E-state index contributed by atoms with van der Waals surface area (Å²) in [6.07, 6.45) is 0. The standard InChI is InChI=1S/C27H26O3/c1-18-10-15-22-23(16-18)30-25(20-11-13-21(14-12-20)27(2,3)4)26(24(22)28)29-17-19-8-6-5-7-9-19/h5-16H,17H2,1-4H3. The van der Waals surface area contributed by atoms with Gasteiger partial charge in [0.05, 0.1) is 5.39 Å². The molecule has 0 fully saturated rings. The normalized spacial score (nSPS) is 11.6. The molecule has 0 spiro atoms. The summed E-state index contributed by atoms with van der Waals surface area (Å²) in [7, 11) is 0. The number of hydrogen-bond donors (Lipinski definition) is 0. The van der Waals surface area contributed by atoms with Crippen LogP contribution in [-0.2, 0) is 12.0 Å². The summed E-state index contributed by atoms with van der Waals surface area (Å²) < 4.78 is 12.3. The summed E-state index contributed by atoms with van der Waals surface area (Å²) in [5.41, 5.74) is 4.55. The topological polar surface area (TPSA) is 39.4 Å². The number of benzene rings is 3. The van der Waals surface area contributed by atoms with Crippen LogP contribution in [0.4, 0.5) is 0 Å². The lowest BCUT2D eigenvalue weighted by molar-refractivity contribution is 0.298. The molecular weight excluding hydrogens is 372 g/mol. The Kier molecular flexibility index (Phi) is 5.21. The maximum absolute atomic E-state index is 13.3. The molecule has 4 rings (SSSR count). The highest BCUT2D eigenvalue weighted by molar-refractivity contribution is 5.82. The molecule has 0 bridgehead atoms. The van der Waals surface area contributed by atoms with Crippen molar-refractivity contribution in [1.82, 2.24) is 0 Å². The van der Waals surface area contributed by atoms with Crippen LogP contribution < -0.4 is 10.2 Å². The van der Waals surface area contributed by atoms with E-state index in [1.54, 1.807) is 6.07 Å². The summed E-state index contributed by atoms with van der Waals surface area (Å²) >= 11 is 0. The molecule has 30 heavy (non-hydrogen) atoms. The van der Waals surface area contributed by atoms with Crippen molar-refractivity contribution in [3.8, 4) is 17.1 Å². The molecule has 0 N–H and O–H groups in total.